The first-order valence-electron chi connectivity index (χ1n) is 10.6. The van der Waals surface area contributed by atoms with Crippen LogP contribution in [0.5, 0.6) is 5.75 Å². The summed E-state index contributed by atoms with van der Waals surface area (Å²) in [6.07, 6.45) is 6.72. The molecule has 2 aromatic carbocycles. The Hall–Kier alpha value is -2.43. The van der Waals surface area contributed by atoms with E-state index >= 15 is 0 Å². The van der Waals surface area contributed by atoms with E-state index in [-0.39, 0.29) is 5.91 Å². The van der Waals surface area contributed by atoms with Crippen LogP contribution in [0.2, 0.25) is 10.0 Å². The van der Waals surface area contributed by atoms with E-state index in [1.165, 1.54) is 6.42 Å². The van der Waals surface area contributed by atoms with Gasteiger partial charge in [-0.25, -0.2) is 0 Å². The summed E-state index contributed by atoms with van der Waals surface area (Å²) in [6, 6.07) is 9.30. The zero-order valence-electron chi connectivity index (χ0n) is 17.7. The van der Waals surface area contributed by atoms with Crippen molar-refractivity contribution in [2.45, 2.75) is 33.1 Å². The highest BCUT2D eigenvalue weighted by Crippen LogP contribution is 2.40. The molecule has 2 heterocycles. The number of nitrogens with zero attached hydrogens (tertiary/aromatic N) is 1. The molecule has 1 saturated heterocycles. The van der Waals surface area contributed by atoms with Gasteiger partial charge in [0.25, 0.3) is 0 Å². The molecule has 6 heteroatoms. The van der Waals surface area contributed by atoms with E-state index in [9.17, 15) is 4.79 Å². The summed E-state index contributed by atoms with van der Waals surface area (Å²) in [6.45, 7) is 6.04. The minimum atomic E-state index is 0.0490. The van der Waals surface area contributed by atoms with Gasteiger partial charge in [0.2, 0.25) is 5.91 Å². The number of benzene rings is 2. The molecule has 162 valence electrons. The minimum absolute atomic E-state index is 0.0490. The van der Waals surface area contributed by atoms with E-state index in [4.69, 9.17) is 32.4 Å². The van der Waals surface area contributed by atoms with Crippen molar-refractivity contribution >= 4 is 45.7 Å². The number of fused-ring (bicyclic) bond motifs is 1. The van der Waals surface area contributed by atoms with Gasteiger partial charge in [0.15, 0.2) is 0 Å². The molecule has 1 aliphatic heterocycles. The molecule has 4 rings (SSSR count). The first-order valence-corrected chi connectivity index (χ1v) is 11.3. The molecule has 0 bridgehead atoms. The SMILES string of the molecule is CCOc1cc2occ(-c3ccc(Cl)cc3Cl)c2cc1/C(C)=C/C(=O)N1CCCCC1. The summed E-state index contributed by atoms with van der Waals surface area (Å²) in [5, 5.41) is 2.04. The number of likely N-dealkylation sites (tertiary alicyclic amines) is 1. The Labute approximate surface area is 192 Å². The zero-order valence-corrected chi connectivity index (χ0v) is 19.2. The Bertz CT molecular complexity index is 1140. The average Bonchev–Trinajstić information content (AvgIpc) is 3.16. The van der Waals surface area contributed by atoms with Gasteiger partial charge in [-0.05, 0) is 56.9 Å². The highest BCUT2D eigenvalue weighted by molar-refractivity contribution is 6.36. The molecule has 1 amide bonds. The minimum Gasteiger partial charge on any atom is -0.493 e. The Morgan fingerprint density at radius 3 is 2.61 bits per heavy atom. The van der Waals surface area contributed by atoms with Crippen molar-refractivity contribution in [3.05, 3.63) is 58.3 Å². The van der Waals surface area contributed by atoms with Crippen LogP contribution in [0.3, 0.4) is 0 Å². The van der Waals surface area contributed by atoms with E-state index in [1.807, 2.05) is 36.9 Å². The first-order chi connectivity index (χ1) is 15.0. The van der Waals surface area contributed by atoms with Crippen LogP contribution in [0.25, 0.3) is 27.7 Å². The number of ether oxygens (including phenoxy) is 1. The van der Waals surface area contributed by atoms with Crippen LogP contribution < -0.4 is 4.74 Å². The number of hydrogen-bond donors (Lipinski definition) is 0. The molecule has 0 N–H and O–H groups in total. The van der Waals surface area contributed by atoms with E-state index in [2.05, 4.69) is 0 Å². The number of allylic oxidation sites excluding steroid dienone is 1. The lowest BCUT2D eigenvalue weighted by molar-refractivity contribution is -0.126. The number of amides is 1. The van der Waals surface area contributed by atoms with E-state index in [1.54, 1.807) is 24.5 Å². The molecule has 0 atom stereocenters. The van der Waals surface area contributed by atoms with Crippen LogP contribution in [0.4, 0.5) is 0 Å². The van der Waals surface area contributed by atoms with Crippen molar-refractivity contribution in [1.82, 2.24) is 4.90 Å². The number of furan rings is 1. The summed E-state index contributed by atoms with van der Waals surface area (Å²) in [4.78, 5) is 14.7. The third kappa shape index (κ3) is 4.60. The molecule has 1 aromatic heterocycles. The molecule has 1 aliphatic rings. The summed E-state index contributed by atoms with van der Waals surface area (Å²) < 4.78 is 11.7. The molecule has 0 unspecified atom stereocenters. The number of carbonyl (C=O) groups excluding carboxylic acids is 1. The van der Waals surface area contributed by atoms with Gasteiger partial charge in [0.1, 0.15) is 11.3 Å². The van der Waals surface area contributed by atoms with Gasteiger partial charge in [-0.1, -0.05) is 29.3 Å². The maximum atomic E-state index is 12.8. The smallest absolute Gasteiger partial charge is 0.246 e. The normalized spacial score (nSPS) is 14.8. The van der Waals surface area contributed by atoms with Gasteiger partial charge in [0, 0.05) is 52.3 Å². The predicted octanol–water partition coefficient (Wildman–Crippen LogP) is 7.22. The van der Waals surface area contributed by atoms with E-state index in [0.717, 1.165) is 53.6 Å². The second-order valence-electron chi connectivity index (χ2n) is 7.76. The number of rotatable bonds is 5. The standard InChI is InChI=1S/C25H25Cl2NO3/c1-3-30-23-14-24-20(21(15-31-24)18-8-7-17(26)12-22(18)27)13-19(23)16(2)11-25(29)28-9-5-4-6-10-28/h7-8,11-15H,3-6,9-10H2,1-2H3/b16-11+. The van der Waals surface area contributed by atoms with Crippen LogP contribution in [0.1, 0.15) is 38.7 Å². The molecule has 0 spiro atoms. The highest BCUT2D eigenvalue weighted by atomic mass is 35.5. The van der Waals surface area contributed by atoms with Gasteiger partial charge in [-0.15, -0.1) is 0 Å². The summed E-state index contributed by atoms with van der Waals surface area (Å²) in [5.74, 6) is 0.742. The predicted molar refractivity (Wildman–Crippen MR) is 127 cm³/mol. The first kappa shape index (κ1) is 21.8. The Morgan fingerprint density at radius 1 is 1.13 bits per heavy atom. The fourth-order valence-electron chi connectivity index (χ4n) is 4.02. The van der Waals surface area contributed by atoms with Gasteiger partial charge >= 0.3 is 0 Å². The molecule has 0 radical (unpaired) electrons. The van der Waals surface area contributed by atoms with E-state index < -0.39 is 0 Å². The molecule has 0 saturated carbocycles. The largest absolute Gasteiger partial charge is 0.493 e. The molecule has 3 aromatic rings. The monoisotopic (exact) mass is 457 g/mol. The second kappa shape index (κ2) is 9.37. The maximum absolute atomic E-state index is 12.8. The molecule has 1 fully saturated rings. The average molecular weight is 458 g/mol. The zero-order chi connectivity index (χ0) is 22.0. The molecule has 0 aliphatic carbocycles. The quantitative estimate of drug-likeness (QED) is 0.379. The lowest BCUT2D eigenvalue weighted by Crippen LogP contribution is -2.34. The Kier molecular flexibility index (Phi) is 6.59. The van der Waals surface area contributed by atoms with Crippen LogP contribution in [0, 0.1) is 0 Å². The van der Waals surface area contributed by atoms with Crippen molar-refractivity contribution in [3.8, 4) is 16.9 Å². The molecule has 4 nitrogen and oxygen atoms in total. The van der Waals surface area contributed by atoms with Gasteiger partial charge in [0.05, 0.1) is 17.9 Å². The Morgan fingerprint density at radius 2 is 1.90 bits per heavy atom. The molecular formula is C25H25Cl2NO3. The number of halogens is 2. The van der Waals surface area contributed by atoms with Gasteiger partial charge < -0.3 is 14.1 Å². The van der Waals surface area contributed by atoms with Crippen LogP contribution in [-0.2, 0) is 4.79 Å². The van der Waals surface area contributed by atoms with Crippen molar-refractivity contribution in [1.29, 1.82) is 0 Å². The van der Waals surface area contributed by atoms with Crippen LogP contribution in [0.15, 0.2) is 47.1 Å². The van der Waals surface area contributed by atoms with Gasteiger partial charge in [-0.2, -0.15) is 0 Å². The van der Waals surface area contributed by atoms with Crippen molar-refractivity contribution in [2.24, 2.45) is 0 Å². The second-order valence-corrected chi connectivity index (χ2v) is 8.61. The summed E-state index contributed by atoms with van der Waals surface area (Å²) in [5.41, 5.74) is 4.13. The summed E-state index contributed by atoms with van der Waals surface area (Å²) >= 11 is 12.5. The maximum Gasteiger partial charge on any atom is 0.246 e. The number of carbonyl (C=O) groups is 1. The Balaban J connectivity index is 1.78. The van der Waals surface area contributed by atoms with E-state index in [0.29, 0.717) is 28.0 Å². The molecule has 31 heavy (non-hydrogen) atoms. The van der Waals surface area contributed by atoms with Gasteiger partial charge in [-0.3, -0.25) is 4.79 Å². The third-order valence-electron chi connectivity index (χ3n) is 5.63. The molecular weight excluding hydrogens is 433 g/mol. The highest BCUT2D eigenvalue weighted by Gasteiger charge is 2.19. The fraction of sp³-hybridized carbons (Fsp3) is 0.320. The topological polar surface area (TPSA) is 42.7 Å². The number of piperidine rings is 1. The fourth-order valence-corrected chi connectivity index (χ4v) is 4.53. The summed E-state index contributed by atoms with van der Waals surface area (Å²) in [7, 11) is 0. The number of hydrogen-bond acceptors (Lipinski definition) is 3. The lowest BCUT2D eigenvalue weighted by Gasteiger charge is -2.25. The third-order valence-corrected chi connectivity index (χ3v) is 6.18. The van der Waals surface area contributed by atoms with Crippen molar-refractivity contribution in [3.63, 3.8) is 0 Å². The lowest BCUT2D eigenvalue weighted by atomic mass is 9.99. The van der Waals surface area contributed by atoms with Crippen LogP contribution >= 0.6 is 23.2 Å². The van der Waals surface area contributed by atoms with Crippen molar-refractivity contribution < 1.29 is 13.9 Å². The van der Waals surface area contributed by atoms with Crippen LogP contribution in [-0.4, -0.2) is 30.5 Å². The van der Waals surface area contributed by atoms with Crippen molar-refractivity contribution in [2.75, 3.05) is 19.7 Å².